The summed E-state index contributed by atoms with van der Waals surface area (Å²) in [5, 5.41) is 4.21. The van der Waals surface area contributed by atoms with Crippen LogP contribution in [-0.4, -0.2) is 14.8 Å². The van der Waals surface area contributed by atoms with Gasteiger partial charge in [0.1, 0.15) is 0 Å². The number of nitrogens with one attached hydrogen (secondary N) is 1. The van der Waals surface area contributed by atoms with Crippen molar-refractivity contribution in [3.05, 3.63) is 40.9 Å². The molecule has 2 heterocycles. The van der Waals surface area contributed by atoms with Crippen molar-refractivity contribution in [2.24, 2.45) is 0 Å². The van der Waals surface area contributed by atoms with E-state index in [2.05, 4.69) is 17.0 Å². The van der Waals surface area contributed by atoms with Crippen LogP contribution >= 0.6 is 0 Å². The van der Waals surface area contributed by atoms with Crippen LogP contribution in [0.3, 0.4) is 0 Å². The Labute approximate surface area is 87.6 Å². The van der Waals surface area contributed by atoms with Crippen LogP contribution in [0.2, 0.25) is 0 Å². The zero-order chi connectivity index (χ0) is 10.7. The first-order valence-corrected chi connectivity index (χ1v) is 5.01. The Morgan fingerprint density at radius 3 is 3.13 bits per heavy atom. The molecule has 0 radical (unpaired) electrons. The van der Waals surface area contributed by atoms with Crippen LogP contribution in [0.1, 0.15) is 13.3 Å². The minimum absolute atomic E-state index is 0.00647. The Morgan fingerprint density at radius 1 is 1.53 bits per heavy atom. The average molecular weight is 203 g/mol. The zero-order valence-corrected chi connectivity index (χ0v) is 8.60. The van der Waals surface area contributed by atoms with E-state index in [0.29, 0.717) is 0 Å². The Balaban J connectivity index is 2.33. The molecule has 0 saturated heterocycles. The normalized spacial score (nSPS) is 10.5. The lowest BCUT2D eigenvalue weighted by molar-refractivity contribution is 0.603. The molecule has 0 aromatic carbocycles. The number of aromatic nitrogens is 3. The number of aromatic amines is 1. The van der Waals surface area contributed by atoms with Crippen LogP contribution in [0, 0.1) is 0 Å². The van der Waals surface area contributed by atoms with Crippen LogP contribution in [0.15, 0.2) is 35.5 Å². The van der Waals surface area contributed by atoms with Gasteiger partial charge < -0.3 is 4.98 Å². The molecule has 0 aliphatic rings. The summed E-state index contributed by atoms with van der Waals surface area (Å²) < 4.78 is 1.88. The van der Waals surface area contributed by atoms with Gasteiger partial charge in [-0.2, -0.15) is 5.10 Å². The highest BCUT2D eigenvalue weighted by molar-refractivity contribution is 5.56. The minimum Gasteiger partial charge on any atom is -0.361 e. The summed E-state index contributed by atoms with van der Waals surface area (Å²) in [6.45, 7) is 3.00. The number of H-pyrrole nitrogens is 1. The molecule has 2 aromatic heterocycles. The number of nitrogens with zero attached hydrogens (tertiary/aromatic N) is 2. The van der Waals surface area contributed by atoms with E-state index in [9.17, 15) is 4.79 Å². The highest BCUT2D eigenvalue weighted by Gasteiger charge is 2.01. The average Bonchev–Trinajstić information content (AvgIpc) is 2.67. The molecule has 0 spiro atoms. The van der Waals surface area contributed by atoms with Crippen LogP contribution in [0.4, 0.5) is 0 Å². The molecule has 15 heavy (non-hydrogen) atoms. The van der Waals surface area contributed by atoms with Crippen LogP contribution in [0.25, 0.3) is 11.3 Å². The third-order valence-corrected chi connectivity index (χ3v) is 2.17. The van der Waals surface area contributed by atoms with E-state index in [1.807, 2.05) is 10.9 Å². The van der Waals surface area contributed by atoms with Gasteiger partial charge in [0.15, 0.2) is 5.43 Å². The van der Waals surface area contributed by atoms with Crippen molar-refractivity contribution in [2.75, 3.05) is 0 Å². The molecule has 2 aromatic rings. The number of hydrogen-bond acceptors (Lipinski definition) is 2. The first-order chi connectivity index (χ1) is 7.29. The summed E-state index contributed by atoms with van der Waals surface area (Å²) in [5.74, 6) is 0. The largest absolute Gasteiger partial charge is 0.361 e. The maximum Gasteiger partial charge on any atom is 0.182 e. The summed E-state index contributed by atoms with van der Waals surface area (Å²) in [7, 11) is 0. The highest BCUT2D eigenvalue weighted by Crippen LogP contribution is 2.13. The number of aryl methyl sites for hydroxylation is 1. The lowest BCUT2D eigenvalue weighted by Gasteiger charge is -1.96. The first kappa shape index (κ1) is 9.71. The fourth-order valence-corrected chi connectivity index (χ4v) is 1.47. The molecule has 78 valence electrons. The van der Waals surface area contributed by atoms with Crippen LogP contribution in [0.5, 0.6) is 0 Å². The molecule has 4 heteroatoms. The molecule has 1 N–H and O–H groups in total. The molecule has 0 unspecified atom stereocenters. The van der Waals surface area contributed by atoms with Crippen molar-refractivity contribution in [2.45, 2.75) is 19.9 Å². The third kappa shape index (κ3) is 2.15. The van der Waals surface area contributed by atoms with Crippen molar-refractivity contribution in [1.82, 2.24) is 14.8 Å². The predicted molar refractivity (Wildman–Crippen MR) is 58.6 cm³/mol. The van der Waals surface area contributed by atoms with Gasteiger partial charge >= 0.3 is 0 Å². The second kappa shape index (κ2) is 4.13. The van der Waals surface area contributed by atoms with E-state index in [-0.39, 0.29) is 5.43 Å². The smallest absolute Gasteiger partial charge is 0.182 e. The molecule has 4 nitrogen and oxygen atoms in total. The van der Waals surface area contributed by atoms with Crippen LogP contribution < -0.4 is 5.43 Å². The van der Waals surface area contributed by atoms with Gasteiger partial charge in [0.25, 0.3) is 0 Å². The molecule has 2 rings (SSSR count). The Kier molecular flexibility index (Phi) is 2.67. The zero-order valence-electron chi connectivity index (χ0n) is 8.60. The van der Waals surface area contributed by atoms with E-state index in [1.54, 1.807) is 18.5 Å². The molecular formula is C11H13N3O. The van der Waals surface area contributed by atoms with Crippen molar-refractivity contribution in [3.8, 4) is 11.3 Å². The van der Waals surface area contributed by atoms with Gasteiger partial charge in [-0.05, 0) is 6.42 Å². The summed E-state index contributed by atoms with van der Waals surface area (Å²) in [6, 6.07) is 3.08. The quantitative estimate of drug-likeness (QED) is 0.824. The molecular weight excluding hydrogens is 190 g/mol. The van der Waals surface area contributed by atoms with E-state index < -0.39 is 0 Å². The molecule has 0 amide bonds. The summed E-state index contributed by atoms with van der Waals surface area (Å²) >= 11 is 0. The monoisotopic (exact) mass is 203 g/mol. The number of pyridine rings is 1. The lowest BCUT2D eigenvalue weighted by atomic mass is 10.2. The SMILES string of the molecule is CCCn1cc(-c2cc(=O)cc[nH]2)cn1. The highest BCUT2D eigenvalue weighted by atomic mass is 16.1. The van der Waals surface area contributed by atoms with Gasteiger partial charge in [0.2, 0.25) is 0 Å². The molecule has 0 aliphatic carbocycles. The van der Waals surface area contributed by atoms with Crippen molar-refractivity contribution in [3.63, 3.8) is 0 Å². The standard InChI is InChI=1S/C11H13N3O/c1-2-5-14-8-9(7-13-14)11-6-10(15)3-4-12-11/h3-4,6-8H,2,5H2,1H3,(H,12,15). The maximum atomic E-state index is 11.1. The molecule has 0 saturated carbocycles. The Bertz CT molecular complexity index is 498. The fourth-order valence-electron chi connectivity index (χ4n) is 1.47. The van der Waals surface area contributed by atoms with Gasteiger partial charge in [-0.3, -0.25) is 9.48 Å². The third-order valence-electron chi connectivity index (χ3n) is 2.17. The minimum atomic E-state index is 0.00647. The first-order valence-electron chi connectivity index (χ1n) is 5.01. The molecule has 0 aliphatic heterocycles. The second-order valence-corrected chi connectivity index (χ2v) is 3.43. The van der Waals surface area contributed by atoms with Gasteiger partial charge in [-0.25, -0.2) is 0 Å². The summed E-state index contributed by atoms with van der Waals surface area (Å²) in [4.78, 5) is 14.2. The topological polar surface area (TPSA) is 50.7 Å². The second-order valence-electron chi connectivity index (χ2n) is 3.43. The Morgan fingerprint density at radius 2 is 2.40 bits per heavy atom. The van der Waals surface area contributed by atoms with Gasteiger partial charge in [0.05, 0.1) is 11.9 Å². The summed E-state index contributed by atoms with van der Waals surface area (Å²) in [6.07, 6.45) is 6.40. The molecule has 0 fully saturated rings. The lowest BCUT2D eigenvalue weighted by Crippen LogP contribution is -1.98. The van der Waals surface area contributed by atoms with Crippen molar-refractivity contribution < 1.29 is 0 Å². The molecule has 0 atom stereocenters. The van der Waals surface area contributed by atoms with Crippen molar-refractivity contribution >= 4 is 0 Å². The van der Waals surface area contributed by atoms with Gasteiger partial charge in [-0.15, -0.1) is 0 Å². The Hall–Kier alpha value is -1.84. The van der Waals surface area contributed by atoms with E-state index in [0.717, 1.165) is 24.2 Å². The van der Waals surface area contributed by atoms with Crippen LogP contribution in [-0.2, 0) is 6.54 Å². The molecule has 0 bridgehead atoms. The van der Waals surface area contributed by atoms with E-state index in [4.69, 9.17) is 0 Å². The summed E-state index contributed by atoms with van der Waals surface area (Å²) in [5.41, 5.74) is 1.76. The fraction of sp³-hybridized carbons (Fsp3) is 0.273. The number of rotatable bonds is 3. The predicted octanol–water partition coefficient (Wildman–Crippen LogP) is 1.65. The van der Waals surface area contributed by atoms with Gasteiger partial charge in [0, 0.05) is 36.6 Å². The van der Waals surface area contributed by atoms with E-state index >= 15 is 0 Å². The van der Waals surface area contributed by atoms with E-state index in [1.165, 1.54) is 6.07 Å². The maximum absolute atomic E-state index is 11.1. The van der Waals surface area contributed by atoms with Crippen molar-refractivity contribution in [1.29, 1.82) is 0 Å². The van der Waals surface area contributed by atoms with Gasteiger partial charge in [-0.1, -0.05) is 6.92 Å². The number of hydrogen-bond donors (Lipinski definition) is 1.